The van der Waals surface area contributed by atoms with E-state index in [2.05, 4.69) is 113 Å². The molecule has 5 aromatic carbocycles. The molecule has 1 fully saturated rings. The minimum atomic E-state index is 0.676. The summed E-state index contributed by atoms with van der Waals surface area (Å²) in [4.78, 5) is 4.82. The lowest BCUT2D eigenvalue weighted by Gasteiger charge is -2.38. The molecule has 1 aliphatic heterocycles. The molecule has 0 atom stereocenters. The fourth-order valence-electron chi connectivity index (χ4n) is 5.85. The number of nitrogens with zero attached hydrogens (tertiary/aromatic N) is 3. The van der Waals surface area contributed by atoms with Crippen LogP contribution in [0.4, 0.5) is 11.4 Å². The van der Waals surface area contributed by atoms with Gasteiger partial charge >= 0.3 is 0 Å². The van der Waals surface area contributed by atoms with Gasteiger partial charge in [-0.25, -0.2) is 0 Å². The van der Waals surface area contributed by atoms with Gasteiger partial charge in [-0.1, -0.05) is 91.0 Å². The van der Waals surface area contributed by atoms with Gasteiger partial charge in [0.05, 0.1) is 18.4 Å². The maximum absolute atomic E-state index is 10.7. The Hall–Kier alpha value is -5.01. The van der Waals surface area contributed by atoms with E-state index < -0.39 is 0 Å². The van der Waals surface area contributed by atoms with Crippen LogP contribution in [-0.4, -0.2) is 33.3 Å². The standard InChI is InChI=1S/C37H33N3O/c1-41-32-19-17-29(18-20-32)33-26-36(40-23-21-39(22-24-40)31-15-9-4-10-16-31)35(27-38)34(25-28-11-5-2-6-12-28)37(33)30-13-7-3-8-14-30/h2-20,26H,21-25H2,1H3. The Morgan fingerprint density at radius 3 is 1.88 bits per heavy atom. The second-order valence-corrected chi connectivity index (χ2v) is 10.4. The van der Waals surface area contributed by atoms with Crippen LogP contribution < -0.4 is 14.5 Å². The van der Waals surface area contributed by atoms with Crippen molar-refractivity contribution in [1.29, 1.82) is 5.26 Å². The first-order chi connectivity index (χ1) is 20.2. The summed E-state index contributed by atoms with van der Waals surface area (Å²) >= 11 is 0. The molecule has 1 saturated heterocycles. The Morgan fingerprint density at radius 2 is 1.27 bits per heavy atom. The van der Waals surface area contributed by atoms with Crippen molar-refractivity contribution < 1.29 is 4.74 Å². The van der Waals surface area contributed by atoms with Crippen molar-refractivity contribution in [1.82, 2.24) is 0 Å². The van der Waals surface area contributed by atoms with Crippen LogP contribution in [0.15, 0.2) is 121 Å². The second kappa shape index (κ2) is 12.0. The van der Waals surface area contributed by atoms with E-state index in [0.717, 1.165) is 71.0 Å². The first kappa shape index (κ1) is 26.2. The van der Waals surface area contributed by atoms with Gasteiger partial charge in [0.25, 0.3) is 0 Å². The van der Waals surface area contributed by atoms with Crippen LogP contribution in [0.3, 0.4) is 0 Å². The number of piperazine rings is 1. The number of para-hydroxylation sites is 1. The van der Waals surface area contributed by atoms with E-state index in [1.165, 1.54) is 11.3 Å². The van der Waals surface area contributed by atoms with Gasteiger partial charge in [-0.15, -0.1) is 0 Å². The van der Waals surface area contributed by atoms with Gasteiger partial charge in [-0.2, -0.15) is 5.26 Å². The van der Waals surface area contributed by atoms with E-state index in [0.29, 0.717) is 6.42 Å². The Kier molecular flexibility index (Phi) is 7.69. The highest BCUT2D eigenvalue weighted by molar-refractivity contribution is 5.91. The predicted octanol–water partition coefficient (Wildman–Crippen LogP) is 7.82. The predicted molar refractivity (Wildman–Crippen MR) is 169 cm³/mol. The zero-order chi connectivity index (χ0) is 28.0. The fraction of sp³-hybridized carbons (Fsp3) is 0.162. The number of benzene rings is 5. The molecular formula is C37H33N3O. The summed E-state index contributed by atoms with van der Waals surface area (Å²) in [6, 6.07) is 44.7. The molecular weight excluding hydrogens is 502 g/mol. The number of hydrogen-bond acceptors (Lipinski definition) is 4. The lowest BCUT2D eigenvalue weighted by Crippen LogP contribution is -2.46. The minimum absolute atomic E-state index is 0.676. The minimum Gasteiger partial charge on any atom is -0.497 e. The monoisotopic (exact) mass is 535 g/mol. The van der Waals surface area contributed by atoms with E-state index in [1.807, 2.05) is 24.3 Å². The van der Waals surface area contributed by atoms with E-state index in [9.17, 15) is 5.26 Å². The van der Waals surface area contributed by atoms with Crippen LogP contribution in [0.1, 0.15) is 16.7 Å². The average molecular weight is 536 g/mol. The Bertz CT molecular complexity index is 1630. The van der Waals surface area contributed by atoms with E-state index in [4.69, 9.17) is 4.74 Å². The Balaban J connectivity index is 1.52. The Morgan fingerprint density at radius 1 is 0.683 bits per heavy atom. The number of ether oxygens (including phenoxy) is 1. The molecule has 1 aliphatic rings. The van der Waals surface area contributed by atoms with Crippen LogP contribution in [0.25, 0.3) is 22.3 Å². The third kappa shape index (κ3) is 5.53. The number of rotatable bonds is 7. The molecule has 0 spiro atoms. The highest BCUT2D eigenvalue weighted by Crippen LogP contribution is 2.43. The molecule has 0 N–H and O–H groups in total. The van der Waals surface area contributed by atoms with Crippen molar-refractivity contribution in [2.45, 2.75) is 6.42 Å². The topological polar surface area (TPSA) is 39.5 Å². The molecule has 1 heterocycles. The number of hydrogen-bond donors (Lipinski definition) is 0. The summed E-state index contributed by atoms with van der Waals surface area (Å²) in [5.41, 5.74) is 9.73. The van der Waals surface area contributed by atoms with Crippen molar-refractivity contribution in [3.05, 3.63) is 138 Å². The molecule has 0 radical (unpaired) electrons. The molecule has 0 bridgehead atoms. The molecule has 0 aliphatic carbocycles. The van der Waals surface area contributed by atoms with Crippen molar-refractivity contribution in [3.63, 3.8) is 0 Å². The second-order valence-electron chi connectivity index (χ2n) is 10.4. The fourth-order valence-corrected chi connectivity index (χ4v) is 5.85. The highest BCUT2D eigenvalue weighted by Gasteiger charge is 2.26. The summed E-state index contributed by atoms with van der Waals surface area (Å²) in [5.74, 6) is 0.824. The maximum Gasteiger partial charge on any atom is 0.118 e. The number of methoxy groups -OCH3 is 1. The molecule has 0 amide bonds. The van der Waals surface area contributed by atoms with E-state index in [1.54, 1.807) is 7.11 Å². The summed E-state index contributed by atoms with van der Waals surface area (Å²) in [7, 11) is 1.69. The molecule has 6 rings (SSSR count). The van der Waals surface area contributed by atoms with Crippen LogP contribution in [0.5, 0.6) is 5.75 Å². The first-order valence-corrected chi connectivity index (χ1v) is 14.1. The zero-order valence-corrected chi connectivity index (χ0v) is 23.3. The maximum atomic E-state index is 10.7. The normalized spacial score (nSPS) is 13.1. The van der Waals surface area contributed by atoms with E-state index >= 15 is 0 Å². The quantitative estimate of drug-likeness (QED) is 0.213. The van der Waals surface area contributed by atoms with Crippen molar-refractivity contribution in [2.75, 3.05) is 43.1 Å². The van der Waals surface area contributed by atoms with Gasteiger partial charge in [-0.05, 0) is 70.1 Å². The molecule has 202 valence electrons. The van der Waals surface area contributed by atoms with Crippen LogP contribution in [0.2, 0.25) is 0 Å². The molecule has 0 saturated carbocycles. The third-order valence-electron chi connectivity index (χ3n) is 7.95. The van der Waals surface area contributed by atoms with Crippen LogP contribution >= 0.6 is 0 Å². The molecule has 4 heteroatoms. The third-order valence-corrected chi connectivity index (χ3v) is 7.95. The summed E-state index contributed by atoms with van der Waals surface area (Å²) in [6.45, 7) is 3.50. The number of anilines is 2. The van der Waals surface area contributed by atoms with Crippen LogP contribution in [0, 0.1) is 11.3 Å². The molecule has 4 nitrogen and oxygen atoms in total. The summed E-state index contributed by atoms with van der Waals surface area (Å²) < 4.78 is 5.47. The van der Waals surface area contributed by atoms with Gasteiger partial charge in [0, 0.05) is 31.9 Å². The van der Waals surface area contributed by atoms with Crippen LogP contribution in [-0.2, 0) is 6.42 Å². The van der Waals surface area contributed by atoms with Gasteiger partial charge in [0.1, 0.15) is 11.8 Å². The lowest BCUT2D eigenvalue weighted by molar-refractivity contribution is 0.415. The summed E-state index contributed by atoms with van der Waals surface area (Å²) in [6.07, 6.45) is 0.676. The highest BCUT2D eigenvalue weighted by atomic mass is 16.5. The summed E-state index contributed by atoms with van der Waals surface area (Å²) in [5, 5.41) is 10.7. The Labute approximate surface area is 242 Å². The van der Waals surface area contributed by atoms with Crippen molar-refractivity contribution in [2.24, 2.45) is 0 Å². The molecule has 0 unspecified atom stereocenters. The number of nitriles is 1. The SMILES string of the molecule is COc1ccc(-c2cc(N3CCN(c4ccccc4)CC3)c(C#N)c(Cc3ccccc3)c2-c2ccccc2)cc1. The van der Waals surface area contributed by atoms with Crippen molar-refractivity contribution >= 4 is 11.4 Å². The first-order valence-electron chi connectivity index (χ1n) is 14.1. The van der Waals surface area contributed by atoms with E-state index in [-0.39, 0.29) is 0 Å². The zero-order valence-electron chi connectivity index (χ0n) is 23.3. The molecule has 41 heavy (non-hydrogen) atoms. The van der Waals surface area contributed by atoms with Gasteiger partial charge in [-0.3, -0.25) is 0 Å². The lowest BCUT2D eigenvalue weighted by atomic mass is 9.84. The molecule has 0 aromatic heterocycles. The van der Waals surface area contributed by atoms with Gasteiger partial charge < -0.3 is 14.5 Å². The van der Waals surface area contributed by atoms with Crippen molar-refractivity contribution in [3.8, 4) is 34.1 Å². The average Bonchev–Trinajstić information content (AvgIpc) is 3.05. The smallest absolute Gasteiger partial charge is 0.118 e. The largest absolute Gasteiger partial charge is 0.497 e. The molecule has 5 aromatic rings. The van der Waals surface area contributed by atoms with Gasteiger partial charge in [0.15, 0.2) is 0 Å². The van der Waals surface area contributed by atoms with Gasteiger partial charge in [0.2, 0.25) is 0 Å².